The van der Waals surface area contributed by atoms with Crippen LogP contribution in [0.4, 0.5) is 0 Å². The van der Waals surface area contributed by atoms with Crippen LogP contribution in [-0.2, 0) is 22.6 Å². The molecule has 1 aromatic heterocycles. The maximum Gasteiger partial charge on any atom is 0.305 e. The zero-order valence-electron chi connectivity index (χ0n) is 11.8. The van der Waals surface area contributed by atoms with E-state index in [1.165, 1.54) is 4.68 Å². The van der Waals surface area contributed by atoms with Crippen LogP contribution in [0.1, 0.15) is 17.8 Å². The van der Waals surface area contributed by atoms with Gasteiger partial charge in [0.05, 0.1) is 12.5 Å². The van der Waals surface area contributed by atoms with Crippen molar-refractivity contribution in [2.24, 2.45) is 5.73 Å². The molecule has 1 heterocycles. The Morgan fingerprint density at radius 3 is 2.57 bits per heavy atom. The molecule has 3 N–H and O–H groups in total. The van der Waals surface area contributed by atoms with Crippen LogP contribution in [0.15, 0.2) is 18.2 Å². The Morgan fingerprint density at radius 2 is 1.96 bits per heavy atom. The second-order valence-corrected chi connectivity index (χ2v) is 5.61. The van der Waals surface area contributed by atoms with Gasteiger partial charge in [-0.1, -0.05) is 29.3 Å². The van der Waals surface area contributed by atoms with Crippen LogP contribution in [0.5, 0.6) is 0 Å². The number of carboxylic acid groups (broad SMARTS) is 1. The molecule has 2 aromatic rings. The van der Waals surface area contributed by atoms with E-state index in [-0.39, 0.29) is 13.0 Å². The van der Waals surface area contributed by atoms with Gasteiger partial charge in [-0.25, -0.2) is 4.68 Å². The average molecular weight is 358 g/mol. The molecule has 0 aliphatic heterocycles. The summed E-state index contributed by atoms with van der Waals surface area (Å²) in [5, 5.41) is 20.7. The van der Waals surface area contributed by atoms with E-state index in [9.17, 15) is 9.59 Å². The van der Waals surface area contributed by atoms with Gasteiger partial charge in [-0.2, -0.15) is 0 Å². The fraction of sp³-hybridized carbons (Fsp3) is 0.308. The Bertz CT molecular complexity index is 714. The standard InChI is InChI=1S/C13H13Cl2N5O3/c14-8-2-1-3-9(15)7(8)4-12-17-18-19-20(12)6-11(21)10(16)5-13(22)23/h1-3,10H,4-6,16H2,(H,22,23). The summed E-state index contributed by atoms with van der Waals surface area (Å²) >= 11 is 12.2. The van der Waals surface area contributed by atoms with Crippen molar-refractivity contribution < 1.29 is 14.7 Å². The number of nitrogens with two attached hydrogens (primary N) is 1. The second-order valence-electron chi connectivity index (χ2n) is 4.80. The van der Waals surface area contributed by atoms with Crippen LogP contribution in [0.25, 0.3) is 0 Å². The van der Waals surface area contributed by atoms with E-state index in [0.717, 1.165) is 0 Å². The van der Waals surface area contributed by atoms with Gasteiger partial charge in [-0.05, 0) is 28.1 Å². The molecule has 122 valence electrons. The number of hydrogen-bond acceptors (Lipinski definition) is 6. The SMILES string of the molecule is NC(CC(=O)O)C(=O)Cn1nnnc1Cc1c(Cl)cccc1Cl. The Kier molecular flexibility index (Phi) is 5.64. The zero-order chi connectivity index (χ0) is 17.0. The van der Waals surface area contributed by atoms with Crippen molar-refractivity contribution in [3.63, 3.8) is 0 Å². The highest BCUT2D eigenvalue weighted by Gasteiger charge is 2.20. The van der Waals surface area contributed by atoms with Crippen LogP contribution < -0.4 is 5.73 Å². The van der Waals surface area contributed by atoms with Gasteiger partial charge in [0.2, 0.25) is 0 Å². The maximum absolute atomic E-state index is 11.9. The van der Waals surface area contributed by atoms with E-state index in [2.05, 4.69) is 15.5 Å². The molecule has 10 heteroatoms. The minimum Gasteiger partial charge on any atom is -0.481 e. The first-order valence-corrected chi connectivity index (χ1v) is 7.32. The van der Waals surface area contributed by atoms with E-state index >= 15 is 0 Å². The van der Waals surface area contributed by atoms with Crippen molar-refractivity contribution in [3.05, 3.63) is 39.6 Å². The molecule has 0 bridgehead atoms. The molecular formula is C13H13Cl2N5O3. The number of carbonyl (C=O) groups excluding carboxylic acids is 1. The van der Waals surface area contributed by atoms with Crippen molar-refractivity contribution in [2.45, 2.75) is 25.4 Å². The first-order chi connectivity index (χ1) is 10.9. The van der Waals surface area contributed by atoms with Gasteiger partial charge >= 0.3 is 5.97 Å². The molecular weight excluding hydrogens is 345 g/mol. The molecule has 0 spiro atoms. The topological polar surface area (TPSA) is 124 Å². The Morgan fingerprint density at radius 1 is 1.30 bits per heavy atom. The van der Waals surface area contributed by atoms with Crippen molar-refractivity contribution in [3.8, 4) is 0 Å². The van der Waals surface area contributed by atoms with Crippen molar-refractivity contribution in [1.82, 2.24) is 20.2 Å². The van der Waals surface area contributed by atoms with Crippen LogP contribution in [-0.4, -0.2) is 43.1 Å². The number of aliphatic carboxylic acids is 1. The fourth-order valence-electron chi connectivity index (χ4n) is 1.90. The molecule has 23 heavy (non-hydrogen) atoms. The molecule has 8 nitrogen and oxygen atoms in total. The number of rotatable bonds is 7. The minimum absolute atomic E-state index is 0.223. The highest BCUT2D eigenvalue weighted by molar-refractivity contribution is 6.36. The lowest BCUT2D eigenvalue weighted by Crippen LogP contribution is -2.36. The normalized spacial score (nSPS) is 12.1. The van der Waals surface area contributed by atoms with Gasteiger partial charge < -0.3 is 10.8 Å². The summed E-state index contributed by atoms with van der Waals surface area (Å²) in [7, 11) is 0. The zero-order valence-corrected chi connectivity index (χ0v) is 13.3. The molecule has 0 aliphatic carbocycles. The van der Waals surface area contributed by atoms with Crippen LogP contribution >= 0.6 is 23.2 Å². The summed E-state index contributed by atoms with van der Waals surface area (Å²) in [4.78, 5) is 22.5. The van der Waals surface area contributed by atoms with Crippen molar-refractivity contribution in [1.29, 1.82) is 0 Å². The third-order valence-electron chi connectivity index (χ3n) is 3.12. The van der Waals surface area contributed by atoms with E-state index in [0.29, 0.717) is 21.4 Å². The summed E-state index contributed by atoms with van der Waals surface area (Å²) < 4.78 is 1.25. The molecule has 2 rings (SSSR count). The Hall–Kier alpha value is -2.03. The minimum atomic E-state index is -1.15. The number of benzene rings is 1. The Balaban J connectivity index is 2.14. The lowest BCUT2D eigenvalue weighted by molar-refractivity contribution is -0.139. The van der Waals surface area contributed by atoms with Crippen molar-refractivity contribution in [2.75, 3.05) is 0 Å². The quantitative estimate of drug-likeness (QED) is 0.755. The lowest BCUT2D eigenvalue weighted by atomic mass is 10.1. The number of carbonyl (C=O) groups is 2. The van der Waals surface area contributed by atoms with Gasteiger partial charge in [0.15, 0.2) is 11.6 Å². The average Bonchev–Trinajstić information content (AvgIpc) is 2.89. The largest absolute Gasteiger partial charge is 0.481 e. The van der Waals surface area contributed by atoms with Crippen LogP contribution in [0, 0.1) is 0 Å². The molecule has 0 saturated carbocycles. The summed E-state index contributed by atoms with van der Waals surface area (Å²) in [6, 6.07) is 3.97. The molecule has 1 unspecified atom stereocenters. The number of nitrogens with zero attached hydrogens (tertiary/aromatic N) is 4. The number of ketones is 1. The number of Topliss-reactive ketones (excluding diaryl/α,β-unsaturated/α-hetero) is 1. The monoisotopic (exact) mass is 357 g/mol. The number of halogens is 2. The predicted octanol–water partition coefficient (Wildman–Crippen LogP) is 0.942. The maximum atomic E-state index is 11.9. The number of aromatic nitrogens is 4. The van der Waals surface area contributed by atoms with Gasteiger partial charge in [0.1, 0.15) is 6.54 Å². The predicted molar refractivity (Wildman–Crippen MR) is 82.3 cm³/mol. The number of carboxylic acids is 1. The summed E-state index contributed by atoms with van der Waals surface area (Å²) in [6.07, 6.45) is -0.223. The molecule has 0 amide bonds. The van der Waals surface area contributed by atoms with Crippen LogP contribution in [0.3, 0.4) is 0 Å². The molecule has 1 aromatic carbocycles. The molecule has 0 saturated heterocycles. The summed E-state index contributed by atoms with van der Waals surface area (Å²) in [5.41, 5.74) is 6.16. The number of hydrogen-bond donors (Lipinski definition) is 2. The number of tetrazole rings is 1. The highest BCUT2D eigenvalue weighted by Crippen LogP contribution is 2.26. The highest BCUT2D eigenvalue weighted by atomic mass is 35.5. The van der Waals surface area contributed by atoms with Gasteiger partial charge in [-0.15, -0.1) is 5.10 Å². The third kappa shape index (κ3) is 4.47. The van der Waals surface area contributed by atoms with Crippen molar-refractivity contribution >= 4 is 35.0 Å². The van der Waals surface area contributed by atoms with Gasteiger partial charge in [0, 0.05) is 16.5 Å². The fourth-order valence-corrected chi connectivity index (χ4v) is 2.43. The van der Waals surface area contributed by atoms with Gasteiger partial charge in [0.25, 0.3) is 0 Å². The molecule has 0 aliphatic rings. The van der Waals surface area contributed by atoms with Gasteiger partial charge in [-0.3, -0.25) is 9.59 Å². The molecule has 0 fully saturated rings. The van der Waals surface area contributed by atoms with E-state index in [1.807, 2.05) is 0 Å². The lowest BCUT2D eigenvalue weighted by Gasteiger charge is -2.10. The van der Waals surface area contributed by atoms with E-state index < -0.39 is 24.2 Å². The molecule has 0 radical (unpaired) electrons. The third-order valence-corrected chi connectivity index (χ3v) is 3.82. The summed E-state index contributed by atoms with van der Waals surface area (Å²) in [6.45, 7) is -0.223. The second kappa shape index (κ2) is 7.49. The Labute approximate surface area is 141 Å². The first kappa shape index (κ1) is 17.3. The molecule has 1 atom stereocenters. The first-order valence-electron chi connectivity index (χ1n) is 6.56. The van der Waals surface area contributed by atoms with Crippen LogP contribution in [0.2, 0.25) is 10.0 Å². The smallest absolute Gasteiger partial charge is 0.305 e. The summed E-state index contributed by atoms with van der Waals surface area (Å²) in [5.74, 6) is -1.26. The van der Waals surface area contributed by atoms with E-state index in [1.54, 1.807) is 18.2 Å². The van der Waals surface area contributed by atoms with E-state index in [4.69, 9.17) is 34.0 Å².